The van der Waals surface area contributed by atoms with Crippen molar-refractivity contribution in [1.29, 1.82) is 0 Å². The molecule has 4 nitrogen and oxygen atoms in total. The summed E-state index contributed by atoms with van der Waals surface area (Å²) in [7, 11) is 1.65. The number of nitrogens with zero attached hydrogens (tertiary/aromatic N) is 2. The van der Waals surface area contributed by atoms with Crippen molar-refractivity contribution < 1.29 is 9.47 Å². The van der Waals surface area contributed by atoms with E-state index in [4.69, 9.17) is 21.1 Å². The molecule has 1 fully saturated rings. The number of pyridine rings is 1. The van der Waals surface area contributed by atoms with E-state index in [0.29, 0.717) is 5.15 Å². The smallest absolute Gasteiger partial charge is 0.134 e. The predicted octanol–water partition coefficient (Wildman–Crippen LogP) is 3.51. The van der Waals surface area contributed by atoms with Gasteiger partial charge in [0.2, 0.25) is 0 Å². The van der Waals surface area contributed by atoms with Gasteiger partial charge < -0.3 is 9.47 Å². The molecule has 1 aliphatic rings. The number of methoxy groups -OCH3 is 1. The highest BCUT2D eigenvalue weighted by molar-refractivity contribution is 6.30. The quantitative estimate of drug-likeness (QED) is 0.811. The zero-order chi connectivity index (χ0) is 15.7. The fourth-order valence-corrected chi connectivity index (χ4v) is 3.26. The third kappa shape index (κ3) is 3.35. The summed E-state index contributed by atoms with van der Waals surface area (Å²) in [5, 5.41) is 1.64. The molecular formula is C17H21ClN2O2. The summed E-state index contributed by atoms with van der Waals surface area (Å²) in [4.78, 5) is 6.89. The number of hydrogen-bond acceptors (Lipinski definition) is 4. The molecule has 2 atom stereocenters. The minimum absolute atomic E-state index is 0.250. The van der Waals surface area contributed by atoms with E-state index in [1.54, 1.807) is 7.11 Å². The topological polar surface area (TPSA) is 34.6 Å². The van der Waals surface area contributed by atoms with Gasteiger partial charge in [-0.3, -0.25) is 4.90 Å². The number of ether oxygens (including phenoxy) is 2. The van der Waals surface area contributed by atoms with Crippen LogP contribution < -0.4 is 4.74 Å². The normalized spacial score (nSPS) is 22.9. The lowest BCUT2D eigenvalue weighted by molar-refractivity contribution is -0.0704. The average molecular weight is 321 g/mol. The molecule has 1 aromatic carbocycles. The highest BCUT2D eigenvalue weighted by Crippen LogP contribution is 2.26. The van der Waals surface area contributed by atoms with Crippen molar-refractivity contribution in [3.63, 3.8) is 0 Å². The van der Waals surface area contributed by atoms with Crippen molar-refractivity contribution in [3.05, 3.63) is 35.0 Å². The fraction of sp³-hybridized carbons (Fsp3) is 0.471. The van der Waals surface area contributed by atoms with Crippen LogP contribution in [0.2, 0.25) is 5.15 Å². The van der Waals surface area contributed by atoms with Gasteiger partial charge in [-0.2, -0.15) is 0 Å². The molecule has 5 heteroatoms. The SMILES string of the molecule is COc1ccc2cc(CN3CC(C)OC(C)C3)c(Cl)nc2c1. The van der Waals surface area contributed by atoms with Crippen LogP contribution in [-0.2, 0) is 11.3 Å². The Morgan fingerprint density at radius 1 is 1.27 bits per heavy atom. The second-order valence-corrected chi connectivity index (χ2v) is 6.31. The number of halogens is 1. The van der Waals surface area contributed by atoms with Crippen LogP contribution in [-0.4, -0.2) is 42.3 Å². The monoisotopic (exact) mass is 320 g/mol. The van der Waals surface area contributed by atoms with Crippen LogP contribution in [0.25, 0.3) is 10.9 Å². The van der Waals surface area contributed by atoms with Crippen molar-refractivity contribution >= 4 is 22.5 Å². The van der Waals surface area contributed by atoms with Gasteiger partial charge in [-0.1, -0.05) is 11.6 Å². The highest BCUT2D eigenvalue weighted by Gasteiger charge is 2.23. The first kappa shape index (κ1) is 15.5. The van der Waals surface area contributed by atoms with Crippen LogP contribution in [0.4, 0.5) is 0 Å². The van der Waals surface area contributed by atoms with Gasteiger partial charge in [-0.05, 0) is 32.0 Å². The maximum atomic E-state index is 6.38. The minimum atomic E-state index is 0.250. The van der Waals surface area contributed by atoms with Crippen molar-refractivity contribution in [1.82, 2.24) is 9.88 Å². The third-order valence-electron chi connectivity index (χ3n) is 3.94. The van der Waals surface area contributed by atoms with Gasteiger partial charge >= 0.3 is 0 Å². The van der Waals surface area contributed by atoms with Crippen LogP contribution >= 0.6 is 11.6 Å². The Hall–Kier alpha value is -1.36. The van der Waals surface area contributed by atoms with Crippen molar-refractivity contribution in [2.24, 2.45) is 0 Å². The van der Waals surface area contributed by atoms with E-state index in [2.05, 4.69) is 29.8 Å². The molecule has 1 aromatic heterocycles. The summed E-state index contributed by atoms with van der Waals surface area (Å²) in [6.45, 7) is 6.85. The van der Waals surface area contributed by atoms with Gasteiger partial charge in [-0.25, -0.2) is 4.98 Å². The highest BCUT2D eigenvalue weighted by atomic mass is 35.5. The van der Waals surface area contributed by atoms with E-state index in [1.807, 2.05) is 18.2 Å². The van der Waals surface area contributed by atoms with Gasteiger partial charge in [-0.15, -0.1) is 0 Å². The molecule has 22 heavy (non-hydrogen) atoms. The second-order valence-electron chi connectivity index (χ2n) is 5.95. The van der Waals surface area contributed by atoms with E-state index in [1.165, 1.54) is 0 Å². The lowest BCUT2D eigenvalue weighted by Gasteiger charge is -2.35. The number of fused-ring (bicyclic) bond motifs is 1. The van der Waals surface area contributed by atoms with Gasteiger partial charge in [0, 0.05) is 36.7 Å². The third-order valence-corrected chi connectivity index (χ3v) is 4.27. The van der Waals surface area contributed by atoms with E-state index < -0.39 is 0 Å². The molecule has 0 bridgehead atoms. The Morgan fingerprint density at radius 2 is 2.00 bits per heavy atom. The summed E-state index contributed by atoms with van der Waals surface area (Å²) in [6.07, 6.45) is 0.500. The Labute approximate surface area is 136 Å². The van der Waals surface area contributed by atoms with Gasteiger partial charge in [0.25, 0.3) is 0 Å². The predicted molar refractivity (Wildman–Crippen MR) is 88.6 cm³/mol. The van der Waals surface area contributed by atoms with Crippen LogP contribution in [0.3, 0.4) is 0 Å². The molecule has 0 amide bonds. The van der Waals surface area contributed by atoms with Crippen molar-refractivity contribution in [2.75, 3.05) is 20.2 Å². The first-order valence-electron chi connectivity index (χ1n) is 7.56. The summed E-state index contributed by atoms with van der Waals surface area (Å²) >= 11 is 6.38. The Balaban J connectivity index is 1.86. The molecule has 2 aromatic rings. The average Bonchev–Trinajstić information content (AvgIpc) is 2.46. The van der Waals surface area contributed by atoms with E-state index in [9.17, 15) is 0 Å². The number of hydrogen-bond donors (Lipinski definition) is 0. The largest absolute Gasteiger partial charge is 0.497 e. The van der Waals surface area contributed by atoms with E-state index >= 15 is 0 Å². The lowest BCUT2D eigenvalue weighted by Crippen LogP contribution is -2.44. The molecule has 0 radical (unpaired) electrons. The van der Waals surface area contributed by atoms with Gasteiger partial charge in [0.05, 0.1) is 24.8 Å². The number of rotatable bonds is 3. The van der Waals surface area contributed by atoms with Crippen molar-refractivity contribution in [3.8, 4) is 5.75 Å². The molecule has 1 saturated heterocycles. The molecule has 0 saturated carbocycles. The number of morpholine rings is 1. The lowest BCUT2D eigenvalue weighted by atomic mass is 10.1. The molecule has 2 heterocycles. The van der Waals surface area contributed by atoms with Gasteiger partial charge in [0.15, 0.2) is 0 Å². The first-order chi connectivity index (χ1) is 10.5. The summed E-state index contributed by atoms with van der Waals surface area (Å²) in [5.41, 5.74) is 1.91. The zero-order valence-electron chi connectivity index (χ0n) is 13.2. The van der Waals surface area contributed by atoms with Crippen LogP contribution in [0.1, 0.15) is 19.4 Å². The van der Waals surface area contributed by atoms with E-state index in [-0.39, 0.29) is 12.2 Å². The van der Waals surface area contributed by atoms with Crippen LogP contribution in [0, 0.1) is 0 Å². The second kappa shape index (κ2) is 6.41. The minimum Gasteiger partial charge on any atom is -0.497 e. The van der Waals surface area contributed by atoms with Crippen LogP contribution in [0.15, 0.2) is 24.3 Å². The van der Waals surface area contributed by atoms with Gasteiger partial charge in [0.1, 0.15) is 10.9 Å². The Bertz CT molecular complexity index is 667. The molecule has 1 aliphatic heterocycles. The molecule has 118 valence electrons. The molecule has 0 aliphatic carbocycles. The van der Waals surface area contributed by atoms with Crippen LogP contribution in [0.5, 0.6) is 5.75 Å². The fourth-order valence-electron chi connectivity index (χ4n) is 3.06. The molecular weight excluding hydrogens is 300 g/mol. The molecule has 0 spiro atoms. The van der Waals surface area contributed by atoms with E-state index in [0.717, 1.165) is 41.9 Å². The summed E-state index contributed by atoms with van der Waals surface area (Å²) in [5.74, 6) is 0.791. The Morgan fingerprint density at radius 3 is 2.68 bits per heavy atom. The molecule has 0 N–H and O–H groups in total. The zero-order valence-corrected chi connectivity index (χ0v) is 13.9. The van der Waals surface area contributed by atoms with Crippen molar-refractivity contribution in [2.45, 2.75) is 32.6 Å². The standard InChI is InChI=1S/C17H21ClN2O2/c1-11-8-20(9-12(2)22-11)10-14-6-13-4-5-15(21-3)7-16(13)19-17(14)18/h4-7,11-12H,8-10H2,1-3H3. The first-order valence-corrected chi connectivity index (χ1v) is 7.94. The summed E-state index contributed by atoms with van der Waals surface area (Å²) < 4.78 is 11.0. The maximum absolute atomic E-state index is 6.38. The number of benzene rings is 1. The maximum Gasteiger partial charge on any atom is 0.134 e. The molecule has 2 unspecified atom stereocenters. The number of aromatic nitrogens is 1. The molecule has 3 rings (SSSR count). The Kier molecular flexibility index (Phi) is 4.52. The summed E-state index contributed by atoms with van der Waals surface area (Å²) in [6, 6.07) is 7.99.